The molecule has 1 amide bonds. The minimum atomic E-state index is -3.85. The Hall–Kier alpha value is -3.43. The highest BCUT2D eigenvalue weighted by Gasteiger charge is 2.34. The summed E-state index contributed by atoms with van der Waals surface area (Å²) in [6.45, 7) is 0.872. The highest BCUT2D eigenvalue weighted by atomic mass is 32.2. The molecule has 32 heavy (non-hydrogen) atoms. The molecule has 3 aromatic rings. The summed E-state index contributed by atoms with van der Waals surface area (Å²) < 4.78 is 28.6. The van der Waals surface area contributed by atoms with Crippen molar-refractivity contribution >= 4 is 38.6 Å². The first-order valence-corrected chi connectivity index (χ1v) is 11.7. The number of fused-ring (bicyclic) bond motifs is 1. The van der Waals surface area contributed by atoms with Crippen molar-refractivity contribution in [3.8, 4) is 0 Å². The number of rotatable bonds is 7. The van der Waals surface area contributed by atoms with Crippen LogP contribution in [0.25, 0.3) is 10.8 Å². The van der Waals surface area contributed by atoms with E-state index in [1.165, 1.54) is 6.21 Å². The Labute approximate surface area is 187 Å². The number of amides is 1. The molecule has 1 fully saturated rings. The van der Waals surface area contributed by atoms with Crippen LogP contribution in [0.5, 0.6) is 0 Å². The fourth-order valence-corrected chi connectivity index (χ4v) is 5.14. The maximum atomic E-state index is 13.0. The quantitative estimate of drug-likeness (QED) is 0.289. The maximum Gasteiger partial charge on any atom is 0.241 e. The van der Waals surface area contributed by atoms with Crippen molar-refractivity contribution in [3.63, 3.8) is 0 Å². The maximum absolute atomic E-state index is 13.0. The first kappa shape index (κ1) is 21.8. The summed E-state index contributed by atoms with van der Waals surface area (Å²) in [6, 6.07) is 17.5. The van der Waals surface area contributed by atoms with Gasteiger partial charge in [-0.1, -0.05) is 30.3 Å². The lowest BCUT2D eigenvalue weighted by Crippen LogP contribution is -2.41. The van der Waals surface area contributed by atoms with E-state index < -0.39 is 16.1 Å². The van der Waals surface area contributed by atoms with E-state index in [-0.39, 0.29) is 10.8 Å². The van der Waals surface area contributed by atoms with Gasteiger partial charge in [-0.05, 0) is 58.7 Å². The van der Waals surface area contributed by atoms with Gasteiger partial charge in [-0.3, -0.25) is 4.79 Å². The monoisotopic (exact) mass is 451 g/mol. The molecule has 1 atom stereocenters. The van der Waals surface area contributed by atoms with Crippen molar-refractivity contribution in [2.24, 2.45) is 10.9 Å². The fourth-order valence-electron chi connectivity index (χ4n) is 3.89. The van der Waals surface area contributed by atoms with E-state index in [1.54, 1.807) is 23.1 Å². The molecule has 8 nitrogen and oxygen atoms in total. The molecule has 1 aliphatic rings. The van der Waals surface area contributed by atoms with Crippen LogP contribution in [0.2, 0.25) is 0 Å². The van der Waals surface area contributed by atoms with Gasteiger partial charge in [0.05, 0.1) is 11.1 Å². The molecule has 3 aromatic carbocycles. The highest BCUT2D eigenvalue weighted by Crippen LogP contribution is 2.24. The van der Waals surface area contributed by atoms with Crippen LogP contribution >= 0.6 is 0 Å². The van der Waals surface area contributed by atoms with Gasteiger partial charge in [0, 0.05) is 25.8 Å². The predicted octanol–water partition coefficient (Wildman–Crippen LogP) is 2.25. The third-order valence-electron chi connectivity index (χ3n) is 5.55. The van der Waals surface area contributed by atoms with E-state index in [2.05, 4.69) is 15.1 Å². The fraction of sp³-hybridized carbons (Fsp3) is 0.217. The predicted molar refractivity (Wildman–Crippen MR) is 126 cm³/mol. The third kappa shape index (κ3) is 4.58. The van der Waals surface area contributed by atoms with Crippen molar-refractivity contribution < 1.29 is 13.2 Å². The summed E-state index contributed by atoms with van der Waals surface area (Å²) in [4.78, 5) is 14.7. The molecule has 0 unspecified atom stereocenters. The molecule has 9 heteroatoms. The number of sulfonamides is 1. The van der Waals surface area contributed by atoms with Gasteiger partial charge in [0.2, 0.25) is 15.9 Å². The van der Waals surface area contributed by atoms with Crippen molar-refractivity contribution in [3.05, 3.63) is 71.8 Å². The molecule has 0 radical (unpaired) electrons. The summed E-state index contributed by atoms with van der Waals surface area (Å²) >= 11 is 0. The molecule has 0 spiro atoms. The van der Waals surface area contributed by atoms with Gasteiger partial charge < -0.3 is 16.1 Å². The van der Waals surface area contributed by atoms with Crippen LogP contribution < -0.4 is 15.9 Å². The number of hydrogen-bond donors (Lipinski definition) is 3. The van der Waals surface area contributed by atoms with Crippen molar-refractivity contribution in [2.45, 2.75) is 23.9 Å². The first-order chi connectivity index (χ1) is 15.4. The Morgan fingerprint density at radius 2 is 1.94 bits per heavy atom. The second-order valence-electron chi connectivity index (χ2n) is 7.72. The summed E-state index contributed by atoms with van der Waals surface area (Å²) in [5.74, 6) is 4.97. The van der Waals surface area contributed by atoms with Gasteiger partial charge in [-0.2, -0.15) is 9.82 Å². The largest absolute Gasteiger partial charge is 0.388 e. The summed E-state index contributed by atoms with van der Waals surface area (Å²) in [5.41, 5.74) is 2.66. The zero-order valence-electron chi connectivity index (χ0n) is 17.7. The van der Waals surface area contributed by atoms with E-state index in [9.17, 15) is 13.2 Å². The van der Waals surface area contributed by atoms with Gasteiger partial charge in [-0.25, -0.2) is 8.42 Å². The Kier molecular flexibility index (Phi) is 6.11. The van der Waals surface area contributed by atoms with E-state index >= 15 is 0 Å². The lowest BCUT2D eigenvalue weighted by atomic mass is 10.1. The first-order valence-electron chi connectivity index (χ1n) is 10.2. The van der Waals surface area contributed by atoms with E-state index in [0.29, 0.717) is 19.5 Å². The van der Waals surface area contributed by atoms with Crippen LogP contribution in [-0.4, -0.2) is 45.1 Å². The normalized spacial score (nSPS) is 16.8. The van der Waals surface area contributed by atoms with Crippen molar-refractivity contribution in [1.29, 1.82) is 0 Å². The number of anilines is 1. The highest BCUT2D eigenvalue weighted by molar-refractivity contribution is 7.89. The molecule has 1 saturated heterocycles. The third-order valence-corrected chi connectivity index (χ3v) is 7.02. The number of likely N-dealkylation sites (tertiary alicyclic amines) is 1. The lowest BCUT2D eigenvalue weighted by Gasteiger charge is -2.18. The van der Waals surface area contributed by atoms with Gasteiger partial charge in [0.1, 0.15) is 6.04 Å². The number of nitrogens with one attached hydrogen (secondary N) is 2. The SMILES string of the molecule is CNc1ccc2ccc(S(=O)(=O)N[C@H]3CCN(Cc4cccc(C=NN)c4)C3=O)cc2c1. The van der Waals surface area contributed by atoms with E-state index in [0.717, 1.165) is 27.6 Å². The molecular formula is C23H25N5O3S. The smallest absolute Gasteiger partial charge is 0.241 e. The van der Waals surface area contributed by atoms with Gasteiger partial charge in [0.15, 0.2) is 0 Å². The summed E-state index contributed by atoms with van der Waals surface area (Å²) in [6.07, 6.45) is 1.95. The van der Waals surface area contributed by atoms with E-state index in [4.69, 9.17) is 5.84 Å². The number of hydrazone groups is 1. The summed E-state index contributed by atoms with van der Waals surface area (Å²) in [5, 5.41) is 8.31. The molecule has 166 valence electrons. The molecule has 0 bridgehead atoms. The van der Waals surface area contributed by atoms with Gasteiger partial charge in [0.25, 0.3) is 0 Å². The lowest BCUT2D eigenvalue weighted by molar-refractivity contribution is -0.129. The Bertz CT molecular complexity index is 1290. The minimum Gasteiger partial charge on any atom is -0.388 e. The zero-order valence-corrected chi connectivity index (χ0v) is 18.5. The second kappa shape index (κ2) is 8.97. The van der Waals surface area contributed by atoms with Crippen LogP contribution in [-0.2, 0) is 21.4 Å². The van der Waals surface area contributed by atoms with Gasteiger partial charge >= 0.3 is 0 Å². The van der Waals surface area contributed by atoms with E-state index in [1.807, 2.05) is 49.5 Å². The number of nitrogens with two attached hydrogens (primary N) is 1. The molecule has 0 aliphatic carbocycles. The number of carbonyl (C=O) groups is 1. The minimum absolute atomic E-state index is 0.137. The number of nitrogens with zero attached hydrogens (tertiary/aromatic N) is 2. The standard InChI is InChI=1S/C23H25N5O3S/c1-25-20-7-5-18-6-8-21(13-19(18)12-20)32(30,31)27-22-9-10-28(23(22)29)15-17-4-2-3-16(11-17)14-26-24/h2-8,11-14,22,25,27H,9-10,15,24H2,1H3/t22-/m0/s1. The number of hydrogen-bond acceptors (Lipinski definition) is 6. The molecular weight excluding hydrogens is 426 g/mol. The average Bonchev–Trinajstić information content (AvgIpc) is 3.12. The topological polar surface area (TPSA) is 117 Å². The molecule has 4 rings (SSSR count). The van der Waals surface area contributed by atoms with Crippen LogP contribution in [0, 0.1) is 0 Å². The van der Waals surface area contributed by atoms with Crippen LogP contribution in [0.15, 0.2) is 70.7 Å². The molecule has 0 saturated carbocycles. The molecule has 0 aromatic heterocycles. The number of benzene rings is 3. The van der Waals surface area contributed by atoms with Crippen molar-refractivity contribution in [2.75, 3.05) is 18.9 Å². The molecule has 1 aliphatic heterocycles. The molecule has 4 N–H and O–H groups in total. The molecule has 1 heterocycles. The van der Waals surface area contributed by atoms with Crippen LogP contribution in [0.4, 0.5) is 5.69 Å². The van der Waals surface area contributed by atoms with Crippen LogP contribution in [0.1, 0.15) is 17.5 Å². The van der Waals surface area contributed by atoms with Crippen LogP contribution in [0.3, 0.4) is 0 Å². The Balaban J connectivity index is 1.48. The van der Waals surface area contributed by atoms with Crippen molar-refractivity contribution in [1.82, 2.24) is 9.62 Å². The average molecular weight is 452 g/mol. The zero-order chi connectivity index (χ0) is 22.7. The number of carbonyl (C=O) groups excluding carboxylic acids is 1. The summed E-state index contributed by atoms with van der Waals surface area (Å²) in [7, 11) is -2.04. The Morgan fingerprint density at radius 3 is 2.72 bits per heavy atom. The van der Waals surface area contributed by atoms with Gasteiger partial charge in [-0.15, -0.1) is 0 Å². The Morgan fingerprint density at radius 1 is 1.12 bits per heavy atom. The second-order valence-corrected chi connectivity index (χ2v) is 9.43.